The Labute approximate surface area is 176 Å². The molecule has 0 radical (unpaired) electrons. The molecule has 3 atom stereocenters. The third-order valence-electron chi connectivity index (χ3n) is 4.76. The fraction of sp³-hybridized carbons (Fsp3) is 0.850. The van der Waals surface area contributed by atoms with Gasteiger partial charge in [0.2, 0.25) is 11.8 Å². The highest BCUT2D eigenvalue weighted by molar-refractivity contribution is 7.81. The molecule has 27 heavy (non-hydrogen) atoms. The van der Waals surface area contributed by atoms with Crippen molar-refractivity contribution in [3.63, 3.8) is 0 Å². The minimum absolute atomic E-state index is 0.00126. The third kappa shape index (κ3) is 11.7. The number of unbranched alkanes of at least 4 members (excludes halogenated alkanes) is 1. The van der Waals surface area contributed by atoms with E-state index in [1.807, 2.05) is 20.8 Å². The van der Waals surface area contributed by atoms with Crippen LogP contribution in [0.25, 0.3) is 0 Å². The summed E-state index contributed by atoms with van der Waals surface area (Å²) in [5, 5.41) is 6.04. The lowest BCUT2D eigenvalue weighted by molar-refractivity contribution is -0.136. The molecule has 7 heteroatoms. The molecule has 0 heterocycles. The van der Waals surface area contributed by atoms with E-state index in [1.54, 1.807) is 6.92 Å². The molecule has 5 nitrogen and oxygen atoms in total. The zero-order chi connectivity index (χ0) is 21.0. The lowest BCUT2D eigenvalue weighted by atomic mass is 9.72. The van der Waals surface area contributed by atoms with E-state index in [9.17, 15) is 14.4 Å². The minimum Gasteiger partial charge on any atom is -0.354 e. The fourth-order valence-electron chi connectivity index (χ4n) is 3.15. The van der Waals surface area contributed by atoms with Gasteiger partial charge in [-0.15, -0.1) is 0 Å². The molecule has 0 aromatic heterocycles. The maximum Gasteiger partial charge on any atom is 0.224 e. The van der Waals surface area contributed by atoms with Crippen molar-refractivity contribution in [3.8, 4) is 0 Å². The highest BCUT2D eigenvalue weighted by Gasteiger charge is 2.37. The summed E-state index contributed by atoms with van der Waals surface area (Å²) in [6.45, 7) is 9.96. The van der Waals surface area contributed by atoms with Gasteiger partial charge in [0.25, 0.3) is 0 Å². The molecule has 0 rings (SSSR count). The first-order chi connectivity index (χ1) is 12.5. The van der Waals surface area contributed by atoms with Gasteiger partial charge in [0.1, 0.15) is 5.78 Å². The number of ketones is 1. The number of carbonyl (C=O) groups is 3. The molecule has 3 unspecified atom stereocenters. The molecule has 0 saturated carbocycles. The molecule has 0 spiro atoms. The highest BCUT2D eigenvalue weighted by atomic mass is 32.1. The van der Waals surface area contributed by atoms with Crippen LogP contribution in [0.5, 0.6) is 0 Å². The van der Waals surface area contributed by atoms with Crippen LogP contribution >= 0.6 is 25.3 Å². The summed E-state index contributed by atoms with van der Waals surface area (Å²) in [7, 11) is 0. The van der Waals surface area contributed by atoms with Crippen LogP contribution < -0.4 is 10.6 Å². The van der Waals surface area contributed by atoms with E-state index >= 15 is 0 Å². The van der Waals surface area contributed by atoms with Gasteiger partial charge in [0.05, 0.1) is 5.92 Å². The molecule has 0 bridgehead atoms. The van der Waals surface area contributed by atoms with Crippen LogP contribution in [0.1, 0.15) is 66.7 Å². The number of thiol groups is 2. The Balaban J connectivity index is 4.12. The van der Waals surface area contributed by atoms with Crippen molar-refractivity contribution in [1.29, 1.82) is 0 Å². The zero-order valence-corrected chi connectivity index (χ0v) is 19.3. The van der Waals surface area contributed by atoms with E-state index < -0.39 is 5.92 Å². The Morgan fingerprint density at radius 2 is 1.59 bits per heavy atom. The predicted molar refractivity (Wildman–Crippen MR) is 119 cm³/mol. The van der Waals surface area contributed by atoms with Gasteiger partial charge in [0, 0.05) is 30.7 Å². The average molecular weight is 419 g/mol. The second-order valence-corrected chi connectivity index (χ2v) is 9.47. The Bertz CT molecular complexity index is 478. The van der Waals surface area contributed by atoms with Crippen molar-refractivity contribution in [3.05, 3.63) is 0 Å². The van der Waals surface area contributed by atoms with Crippen LogP contribution in [0.15, 0.2) is 0 Å². The van der Waals surface area contributed by atoms with Gasteiger partial charge in [-0.3, -0.25) is 14.4 Å². The molecule has 2 N–H and O–H groups in total. The zero-order valence-electron chi connectivity index (χ0n) is 17.5. The third-order valence-corrected chi connectivity index (χ3v) is 5.53. The predicted octanol–water partition coefficient (Wildman–Crippen LogP) is 3.28. The maximum atomic E-state index is 12.5. The molecule has 0 aromatic carbocycles. The minimum atomic E-state index is -0.392. The highest BCUT2D eigenvalue weighted by Crippen LogP contribution is 2.32. The molecule has 0 aromatic rings. The van der Waals surface area contributed by atoms with Crippen LogP contribution in [0.3, 0.4) is 0 Å². The number of nitrogens with one attached hydrogen (secondary N) is 2. The van der Waals surface area contributed by atoms with E-state index in [2.05, 4.69) is 35.9 Å². The molecular weight excluding hydrogens is 380 g/mol. The summed E-state index contributed by atoms with van der Waals surface area (Å²) in [5.41, 5.74) is -0.309. The summed E-state index contributed by atoms with van der Waals surface area (Å²) in [6, 6.07) is 0. The topological polar surface area (TPSA) is 75.3 Å². The molecular formula is C20H38N2O3S2. The van der Waals surface area contributed by atoms with Gasteiger partial charge in [-0.1, -0.05) is 34.1 Å². The van der Waals surface area contributed by atoms with Crippen LogP contribution in [-0.4, -0.2) is 41.7 Å². The first kappa shape index (κ1) is 26.3. The first-order valence-electron chi connectivity index (χ1n) is 9.84. The first-order valence-corrected chi connectivity index (χ1v) is 11.0. The van der Waals surface area contributed by atoms with Crippen molar-refractivity contribution >= 4 is 42.9 Å². The molecule has 0 fully saturated rings. The summed E-state index contributed by atoms with van der Waals surface area (Å²) in [4.78, 5) is 36.1. The lowest BCUT2D eigenvalue weighted by Gasteiger charge is -2.33. The van der Waals surface area contributed by atoms with Gasteiger partial charge >= 0.3 is 0 Å². The molecule has 0 aliphatic heterocycles. The SMILES string of the molecule is CC(=O)C(C)C(C(=O)NCCNC(=O)CCCCC(S)CCS)C(C)(C)C. The maximum absolute atomic E-state index is 12.5. The van der Waals surface area contributed by atoms with E-state index in [0.717, 1.165) is 31.4 Å². The second-order valence-electron chi connectivity index (χ2n) is 8.30. The Morgan fingerprint density at radius 3 is 2.11 bits per heavy atom. The van der Waals surface area contributed by atoms with Gasteiger partial charge in [-0.2, -0.15) is 25.3 Å². The summed E-state index contributed by atoms with van der Waals surface area (Å²) >= 11 is 8.66. The molecule has 0 aliphatic rings. The van der Waals surface area contributed by atoms with Crippen molar-refractivity contribution in [2.45, 2.75) is 72.0 Å². The summed E-state index contributed by atoms with van der Waals surface area (Å²) in [5.74, 6) is -0.0185. The van der Waals surface area contributed by atoms with Crippen molar-refractivity contribution < 1.29 is 14.4 Å². The van der Waals surface area contributed by atoms with Crippen molar-refractivity contribution in [2.75, 3.05) is 18.8 Å². The number of carbonyl (C=O) groups excluding carboxylic acids is 3. The number of hydrogen-bond donors (Lipinski definition) is 4. The van der Waals surface area contributed by atoms with E-state index in [0.29, 0.717) is 24.8 Å². The fourth-order valence-corrected chi connectivity index (χ4v) is 3.98. The number of Topliss-reactive ketones (excluding diaryl/α,β-unsaturated/α-hetero) is 1. The quantitative estimate of drug-likeness (QED) is 0.274. The number of amides is 2. The Kier molecular flexibility index (Phi) is 13.1. The van der Waals surface area contributed by atoms with Crippen LogP contribution in [0, 0.1) is 17.3 Å². The number of hydrogen-bond acceptors (Lipinski definition) is 5. The average Bonchev–Trinajstić information content (AvgIpc) is 2.54. The smallest absolute Gasteiger partial charge is 0.224 e. The van der Waals surface area contributed by atoms with Crippen LogP contribution in [0.4, 0.5) is 0 Å². The van der Waals surface area contributed by atoms with E-state index in [1.165, 1.54) is 6.92 Å². The molecule has 0 saturated heterocycles. The van der Waals surface area contributed by atoms with Crippen LogP contribution in [-0.2, 0) is 14.4 Å². The normalized spacial score (nSPS) is 14.9. The van der Waals surface area contributed by atoms with E-state index in [4.69, 9.17) is 0 Å². The van der Waals surface area contributed by atoms with Crippen LogP contribution in [0.2, 0.25) is 0 Å². The Hall–Kier alpha value is -0.690. The van der Waals surface area contributed by atoms with Gasteiger partial charge in [-0.25, -0.2) is 0 Å². The van der Waals surface area contributed by atoms with Crippen molar-refractivity contribution in [1.82, 2.24) is 10.6 Å². The van der Waals surface area contributed by atoms with Crippen molar-refractivity contribution in [2.24, 2.45) is 17.3 Å². The summed E-state index contributed by atoms with van der Waals surface area (Å²) in [6.07, 6.45) is 4.28. The molecule has 2 amide bonds. The molecule has 0 aliphatic carbocycles. The van der Waals surface area contributed by atoms with E-state index in [-0.39, 0.29) is 28.9 Å². The van der Waals surface area contributed by atoms with Gasteiger partial charge < -0.3 is 10.6 Å². The Morgan fingerprint density at radius 1 is 1.00 bits per heavy atom. The van der Waals surface area contributed by atoms with Gasteiger partial charge in [0.15, 0.2) is 0 Å². The van der Waals surface area contributed by atoms with Gasteiger partial charge in [-0.05, 0) is 37.4 Å². The molecule has 158 valence electrons. The standard InChI is InChI=1S/C20H38N2O3S2/c1-14(15(2)23)18(20(3,4)5)19(25)22-12-11-21-17(24)9-7-6-8-16(27)10-13-26/h14,16,18,26-27H,6-13H2,1-5H3,(H,21,24)(H,22,25). The lowest BCUT2D eigenvalue weighted by Crippen LogP contribution is -2.45. The number of rotatable bonds is 13. The monoisotopic (exact) mass is 418 g/mol. The second kappa shape index (κ2) is 13.5. The largest absolute Gasteiger partial charge is 0.354 e. The summed E-state index contributed by atoms with van der Waals surface area (Å²) < 4.78 is 0.